The molecule has 5 nitrogen and oxygen atoms in total. The molecule has 3 rings (SSSR count). The first-order valence-corrected chi connectivity index (χ1v) is 10.1. The molecule has 28 heavy (non-hydrogen) atoms. The van der Waals surface area contributed by atoms with Gasteiger partial charge in [-0.3, -0.25) is 9.69 Å². The van der Waals surface area contributed by atoms with Crippen LogP contribution in [0.1, 0.15) is 59.4 Å². The molecule has 0 unspecified atom stereocenters. The normalized spacial score (nSPS) is 19.6. The van der Waals surface area contributed by atoms with Gasteiger partial charge >= 0.3 is 6.09 Å². The summed E-state index contributed by atoms with van der Waals surface area (Å²) < 4.78 is 5.47. The Hall–Kier alpha value is -2.56. The summed E-state index contributed by atoms with van der Waals surface area (Å²) in [5, 5.41) is 0. The van der Waals surface area contributed by atoms with E-state index in [1.165, 1.54) is 11.1 Å². The van der Waals surface area contributed by atoms with E-state index in [1.807, 2.05) is 39.0 Å². The number of hydrogen-bond acceptors (Lipinski definition) is 3. The Balaban J connectivity index is 2.11. The summed E-state index contributed by atoms with van der Waals surface area (Å²) in [6.45, 7) is 9.78. The molecule has 1 aliphatic carbocycles. The molecule has 0 spiro atoms. The van der Waals surface area contributed by atoms with Crippen LogP contribution in [0.4, 0.5) is 16.2 Å². The zero-order valence-electron chi connectivity index (χ0n) is 17.5. The molecular weight excluding hydrogens is 352 g/mol. The van der Waals surface area contributed by atoms with Crippen molar-refractivity contribution in [3.8, 4) is 0 Å². The maximum atomic E-state index is 12.8. The lowest BCUT2D eigenvalue weighted by molar-refractivity contribution is -0.117. The van der Waals surface area contributed by atoms with Crippen molar-refractivity contribution in [1.82, 2.24) is 0 Å². The lowest BCUT2D eigenvalue weighted by atomic mass is 9.96. The Morgan fingerprint density at radius 2 is 1.96 bits per heavy atom. The van der Waals surface area contributed by atoms with Crippen LogP contribution < -0.4 is 9.80 Å². The van der Waals surface area contributed by atoms with Crippen LogP contribution in [0.25, 0.3) is 5.57 Å². The summed E-state index contributed by atoms with van der Waals surface area (Å²) in [6.07, 6.45) is 7.11. The number of amides is 2. The van der Waals surface area contributed by atoms with Gasteiger partial charge in [0, 0.05) is 13.5 Å². The van der Waals surface area contributed by atoms with Crippen LogP contribution in [0.2, 0.25) is 0 Å². The molecule has 0 radical (unpaired) electrons. The summed E-state index contributed by atoms with van der Waals surface area (Å²) in [5.41, 5.74) is 5.10. The van der Waals surface area contributed by atoms with Crippen molar-refractivity contribution in [3.63, 3.8) is 0 Å². The number of fused-ring (bicyclic) bond motifs is 1. The molecule has 5 heteroatoms. The molecule has 1 atom stereocenters. The molecule has 1 aliphatic heterocycles. The van der Waals surface area contributed by atoms with Crippen LogP contribution in [-0.2, 0) is 9.53 Å². The topological polar surface area (TPSA) is 49.9 Å². The molecule has 1 aromatic rings. The third kappa shape index (κ3) is 3.98. The van der Waals surface area contributed by atoms with Crippen molar-refractivity contribution in [1.29, 1.82) is 0 Å². The highest BCUT2D eigenvalue weighted by Gasteiger charge is 2.34. The van der Waals surface area contributed by atoms with E-state index in [9.17, 15) is 9.59 Å². The van der Waals surface area contributed by atoms with Crippen LogP contribution in [0.5, 0.6) is 0 Å². The monoisotopic (exact) mass is 382 g/mol. The molecule has 2 amide bonds. The van der Waals surface area contributed by atoms with Crippen LogP contribution in [-0.4, -0.2) is 30.7 Å². The summed E-state index contributed by atoms with van der Waals surface area (Å²) in [6, 6.07) is 5.91. The van der Waals surface area contributed by atoms with Gasteiger partial charge in [0.25, 0.3) is 0 Å². The molecule has 2 aliphatic rings. The molecule has 150 valence electrons. The fourth-order valence-corrected chi connectivity index (χ4v) is 4.02. The summed E-state index contributed by atoms with van der Waals surface area (Å²) in [5.74, 6) is -0.0249. The molecule has 1 heterocycles. The van der Waals surface area contributed by atoms with E-state index in [0.717, 1.165) is 36.2 Å². The van der Waals surface area contributed by atoms with E-state index in [4.69, 9.17) is 4.74 Å². The summed E-state index contributed by atoms with van der Waals surface area (Å²) >= 11 is 0. The highest BCUT2D eigenvalue weighted by atomic mass is 16.6. The van der Waals surface area contributed by atoms with E-state index in [2.05, 4.69) is 19.1 Å². The first kappa shape index (κ1) is 20.2. The minimum Gasteiger partial charge on any atom is -0.446 e. The van der Waals surface area contributed by atoms with Gasteiger partial charge in [-0.25, -0.2) is 4.79 Å². The van der Waals surface area contributed by atoms with Gasteiger partial charge in [0.1, 0.15) is 0 Å². The quantitative estimate of drug-likeness (QED) is 0.697. The number of nitrogens with zero attached hydrogens (tertiary/aromatic N) is 2. The van der Waals surface area contributed by atoms with Crippen molar-refractivity contribution in [2.75, 3.05) is 16.3 Å². The first-order valence-electron chi connectivity index (χ1n) is 10.1. The molecule has 0 aromatic heterocycles. The van der Waals surface area contributed by atoms with Crippen molar-refractivity contribution in [2.45, 2.75) is 66.0 Å². The highest BCUT2D eigenvalue weighted by molar-refractivity contribution is 6.03. The fourth-order valence-electron chi connectivity index (χ4n) is 4.02. The number of anilines is 2. The first-order chi connectivity index (χ1) is 13.3. The van der Waals surface area contributed by atoms with Crippen molar-refractivity contribution in [2.24, 2.45) is 0 Å². The SMILES string of the molecule is CC(=O)N1c2ccc(C3=C(C)CCCC=C3)cc2N(C(=O)OC(C)C)C[C@@H]1C. The average Bonchev–Trinajstić information content (AvgIpc) is 2.84. The predicted molar refractivity (Wildman–Crippen MR) is 114 cm³/mol. The lowest BCUT2D eigenvalue weighted by Gasteiger charge is -2.40. The molecule has 0 saturated carbocycles. The summed E-state index contributed by atoms with van der Waals surface area (Å²) in [4.78, 5) is 28.5. The second kappa shape index (κ2) is 8.21. The highest BCUT2D eigenvalue weighted by Crippen LogP contribution is 2.39. The van der Waals surface area contributed by atoms with Crippen molar-refractivity contribution in [3.05, 3.63) is 41.5 Å². The van der Waals surface area contributed by atoms with Gasteiger partial charge in [0.05, 0.1) is 23.5 Å². The second-order valence-electron chi connectivity index (χ2n) is 7.97. The number of carbonyl (C=O) groups excluding carboxylic acids is 2. The predicted octanol–water partition coefficient (Wildman–Crippen LogP) is 5.31. The molecule has 1 aromatic carbocycles. The van der Waals surface area contributed by atoms with Gasteiger partial charge in [-0.2, -0.15) is 0 Å². The third-order valence-corrected chi connectivity index (χ3v) is 5.29. The fraction of sp³-hybridized carbons (Fsp3) is 0.478. The standard InChI is InChI=1S/C23H30N2O3/c1-15(2)28-23(27)24-14-17(4)25(18(5)26)21-12-11-19(13-22(21)24)20-10-8-6-7-9-16(20)3/h8,10-13,15,17H,6-7,9,14H2,1-5H3/t17-/m0/s1. The van der Waals surface area contributed by atoms with Gasteiger partial charge < -0.3 is 9.64 Å². The van der Waals surface area contributed by atoms with Gasteiger partial charge in [0.15, 0.2) is 0 Å². The second-order valence-corrected chi connectivity index (χ2v) is 7.97. The minimum atomic E-state index is -0.370. The molecule has 0 bridgehead atoms. The number of rotatable bonds is 2. The third-order valence-electron chi connectivity index (χ3n) is 5.29. The number of allylic oxidation sites excluding steroid dienone is 4. The van der Waals surface area contributed by atoms with Crippen LogP contribution in [0, 0.1) is 0 Å². The Labute approximate surface area is 167 Å². The van der Waals surface area contributed by atoms with E-state index < -0.39 is 0 Å². The van der Waals surface area contributed by atoms with Gasteiger partial charge in [-0.1, -0.05) is 23.8 Å². The molecule has 0 N–H and O–H groups in total. The van der Waals surface area contributed by atoms with Crippen molar-refractivity contribution >= 4 is 28.9 Å². The lowest BCUT2D eigenvalue weighted by Crippen LogP contribution is -2.51. The average molecular weight is 383 g/mol. The Kier molecular flexibility index (Phi) is 5.92. The van der Waals surface area contributed by atoms with Gasteiger partial charge in [0.2, 0.25) is 5.91 Å². The number of benzene rings is 1. The maximum Gasteiger partial charge on any atom is 0.414 e. The van der Waals surface area contributed by atoms with Crippen LogP contribution in [0.15, 0.2) is 35.9 Å². The van der Waals surface area contributed by atoms with Gasteiger partial charge in [-0.15, -0.1) is 0 Å². The zero-order chi connectivity index (χ0) is 20.4. The maximum absolute atomic E-state index is 12.8. The van der Waals surface area contributed by atoms with E-state index >= 15 is 0 Å². The van der Waals surface area contributed by atoms with Gasteiger partial charge in [-0.05, 0) is 70.2 Å². The van der Waals surface area contributed by atoms with E-state index in [-0.39, 0.29) is 24.1 Å². The number of hydrogen-bond donors (Lipinski definition) is 0. The molecule has 0 fully saturated rings. The van der Waals surface area contributed by atoms with E-state index in [1.54, 1.807) is 16.7 Å². The van der Waals surface area contributed by atoms with Crippen LogP contribution >= 0.6 is 0 Å². The van der Waals surface area contributed by atoms with Crippen LogP contribution in [0.3, 0.4) is 0 Å². The van der Waals surface area contributed by atoms with Crippen molar-refractivity contribution < 1.29 is 14.3 Å². The smallest absolute Gasteiger partial charge is 0.414 e. The Morgan fingerprint density at radius 3 is 2.64 bits per heavy atom. The largest absolute Gasteiger partial charge is 0.446 e. The number of ether oxygens (including phenoxy) is 1. The molecule has 0 saturated heterocycles. The minimum absolute atomic E-state index is 0.0249. The Bertz CT molecular complexity index is 838. The van der Waals surface area contributed by atoms with E-state index in [0.29, 0.717) is 6.54 Å². The zero-order valence-corrected chi connectivity index (χ0v) is 17.5. The summed E-state index contributed by atoms with van der Waals surface area (Å²) in [7, 11) is 0. The molecular formula is C23H30N2O3. The Morgan fingerprint density at radius 1 is 1.21 bits per heavy atom. The number of carbonyl (C=O) groups is 2.